The lowest BCUT2D eigenvalue weighted by molar-refractivity contribution is -0.146. The number of para-hydroxylation sites is 1. The number of amides is 3. The Balaban J connectivity index is 1.80. The monoisotopic (exact) mass is 503 g/mol. The molecule has 1 aromatic carbocycles. The minimum atomic E-state index is -1.63. The summed E-state index contributed by atoms with van der Waals surface area (Å²) in [6.07, 6.45) is 0.498. The largest absolute Gasteiger partial charge is 0.480 e. The van der Waals surface area contributed by atoms with Gasteiger partial charge in [0.25, 0.3) is 0 Å². The van der Waals surface area contributed by atoms with Gasteiger partial charge in [-0.15, -0.1) is 0 Å². The van der Waals surface area contributed by atoms with Crippen LogP contribution < -0.4 is 21.3 Å². The Morgan fingerprint density at radius 1 is 1.00 bits per heavy atom. The van der Waals surface area contributed by atoms with E-state index in [0.29, 0.717) is 13.0 Å². The number of nitrogens with one attached hydrogen (secondary N) is 5. The first-order valence-corrected chi connectivity index (χ1v) is 11.9. The molecule has 196 valence electrons. The molecule has 3 rings (SSSR count). The van der Waals surface area contributed by atoms with Gasteiger partial charge in [-0.1, -0.05) is 18.2 Å². The summed E-state index contributed by atoms with van der Waals surface area (Å²) < 4.78 is 0. The summed E-state index contributed by atoms with van der Waals surface area (Å²) in [6.45, 7) is 3.15. The Kier molecular flexibility index (Phi) is 9.02. The number of H-pyrrole nitrogens is 1. The summed E-state index contributed by atoms with van der Waals surface area (Å²) in [6, 6.07) is 2.79. The van der Waals surface area contributed by atoms with E-state index in [1.807, 2.05) is 24.3 Å². The summed E-state index contributed by atoms with van der Waals surface area (Å²) in [5.74, 6) is -3.54. The first-order valence-electron chi connectivity index (χ1n) is 11.9. The molecule has 0 radical (unpaired) electrons. The first-order chi connectivity index (χ1) is 17.1. The molecule has 6 atom stereocenters. The number of hydrogen-bond donors (Lipinski definition) is 8. The van der Waals surface area contributed by atoms with Crippen LogP contribution in [0.5, 0.6) is 0 Å². The van der Waals surface area contributed by atoms with Gasteiger partial charge in [0.1, 0.15) is 12.1 Å². The second-order valence-electron chi connectivity index (χ2n) is 9.07. The van der Waals surface area contributed by atoms with Crippen LogP contribution >= 0.6 is 0 Å². The highest BCUT2D eigenvalue weighted by atomic mass is 16.4. The van der Waals surface area contributed by atoms with Crippen LogP contribution in [-0.4, -0.2) is 86.9 Å². The van der Waals surface area contributed by atoms with Crippen molar-refractivity contribution in [2.45, 2.75) is 69.5 Å². The molecule has 12 nitrogen and oxygen atoms in total. The number of aromatic amines is 1. The number of carboxylic acids is 1. The summed E-state index contributed by atoms with van der Waals surface area (Å²) in [5, 5.41) is 40.3. The molecule has 1 aromatic heterocycles. The molecule has 1 aliphatic rings. The summed E-state index contributed by atoms with van der Waals surface area (Å²) in [7, 11) is 0. The van der Waals surface area contributed by atoms with E-state index < -0.39 is 54.2 Å². The van der Waals surface area contributed by atoms with Crippen LogP contribution in [0.1, 0.15) is 32.3 Å². The highest BCUT2D eigenvalue weighted by molar-refractivity contribution is 5.95. The first kappa shape index (κ1) is 27.1. The molecule has 1 saturated heterocycles. The minimum absolute atomic E-state index is 0.105. The van der Waals surface area contributed by atoms with Crippen LogP contribution in [0, 0.1) is 0 Å². The van der Waals surface area contributed by atoms with Crippen LogP contribution in [0.4, 0.5) is 0 Å². The number of carbonyl (C=O) groups excluding carboxylic acids is 3. The van der Waals surface area contributed by atoms with Gasteiger partial charge in [0, 0.05) is 23.5 Å². The molecule has 1 aliphatic heterocycles. The molecule has 12 heteroatoms. The number of benzene rings is 1. The molecular weight excluding hydrogens is 470 g/mol. The fraction of sp³-hybridized carbons (Fsp3) is 0.500. The maximum atomic E-state index is 13.3. The number of hydrogen-bond acceptors (Lipinski definition) is 7. The van der Waals surface area contributed by atoms with Crippen molar-refractivity contribution < 1.29 is 34.5 Å². The molecular formula is C24H33N5O7. The van der Waals surface area contributed by atoms with E-state index in [0.717, 1.165) is 22.9 Å². The van der Waals surface area contributed by atoms with Crippen molar-refractivity contribution in [3.8, 4) is 0 Å². The fourth-order valence-electron chi connectivity index (χ4n) is 4.20. The van der Waals surface area contributed by atoms with Crippen LogP contribution in [0.3, 0.4) is 0 Å². The standard InChI is InChI=1S/C24H33N5O7/c1-12(30)19(23(34)29-20(13(2)31)24(35)36)28-22(33)18(27-21(32)17-8-5-9-25-17)10-14-11-26-16-7-4-3-6-15(14)16/h3-4,6-7,11-13,17-20,25-26,30-31H,5,8-10H2,1-2H3,(H,27,32)(H,28,33)(H,29,34)(H,35,36). The van der Waals surface area contributed by atoms with Crippen molar-refractivity contribution in [1.82, 2.24) is 26.3 Å². The smallest absolute Gasteiger partial charge is 0.328 e. The van der Waals surface area contributed by atoms with E-state index in [1.165, 1.54) is 13.8 Å². The third-order valence-corrected chi connectivity index (χ3v) is 6.22. The molecule has 2 heterocycles. The Bertz CT molecular complexity index is 1090. The lowest BCUT2D eigenvalue weighted by Crippen LogP contribution is -2.61. The predicted molar refractivity (Wildman–Crippen MR) is 130 cm³/mol. The average molecular weight is 504 g/mol. The molecule has 3 amide bonds. The molecule has 0 saturated carbocycles. The van der Waals surface area contributed by atoms with Gasteiger partial charge in [-0.3, -0.25) is 14.4 Å². The van der Waals surface area contributed by atoms with E-state index in [9.17, 15) is 34.5 Å². The fourth-order valence-corrected chi connectivity index (χ4v) is 4.20. The van der Waals surface area contributed by atoms with Gasteiger partial charge in [0.05, 0.1) is 18.2 Å². The average Bonchev–Trinajstić information content (AvgIpc) is 3.50. The maximum Gasteiger partial charge on any atom is 0.328 e. The van der Waals surface area contributed by atoms with Crippen LogP contribution in [0.2, 0.25) is 0 Å². The summed E-state index contributed by atoms with van der Waals surface area (Å²) in [5.41, 5.74) is 1.62. The zero-order chi connectivity index (χ0) is 26.4. The summed E-state index contributed by atoms with van der Waals surface area (Å²) >= 11 is 0. The van der Waals surface area contributed by atoms with Crippen molar-refractivity contribution >= 4 is 34.6 Å². The Morgan fingerprint density at radius 3 is 2.28 bits per heavy atom. The molecule has 1 fully saturated rings. The topological polar surface area (TPSA) is 193 Å². The van der Waals surface area contributed by atoms with Crippen LogP contribution in [0.25, 0.3) is 10.9 Å². The number of aliphatic hydroxyl groups is 2. The molecule has 0 spiro atoms. The van der Waals surface area contributed by atoms with E-state index in [2.05, 4.69) is 26.3 Å². The van der Waals surface area contributed by atoms with Gasteiger partial charge < -0.3 is 41.6 Å². The Morgan fingerprint density at radius 2 is 1.67 bits per heavy atom. The zero-order valence-corrected chi connectivity index (χ0v) is 20.2. The van der Waals surface area contributed by atoms with Gasteiger partial charge in [-0.05, 0) is 44.9 Å². The number of carboxylic acid groups (broad SMARTS) is 1. The van der Waals surface area contributed by atoms with E-state index >= 15 is 0 Å². The third kappa shape index (κ3) is 6.59. The molecule has 0 aliphatic carbocycles. The molecule has 2 aromatic rings. The Hall–Kier alpha value is -3.48. The number of rotatable bonds is 11. The third-order valence-electron chi connectivity index (χ3n) is 6.22. The second kappa shape index (κ2) is 12.0. The lowest BCUT2D eigenvalue weighted by atomic mass is 10.0. The molecule has 6 unspecified atom stereocenters. The normalized spacial score (nSPS) is 19.6. The second-order valence-corrected chi connectivity index (χ2v) is 9.07. The predicted octanol–water partition coefficient (Wildman–Crippen LogP) is -1.24. The van der Waals surface area contributed by atoms with E-state index in [4.69, 9.17) is 0 Å². The number of aliphatic hydroxyl groups excluding tert-OH is 2. The van der Waals surface area contributed by atoms with Crippen molar-refractivity contribution in [2.75, 3.05) is 6.54 Å². The molecule has 36 heavy (non-hydrogen) atoms. The number of aromatic nitrogens is 1. The van der Waals surface area contributed by atoms with Gasteiger partial charge in [-0.2, -0.15) is 0 Å². The Labute approximate surface area is 207 Å². The summed E-state index contributed by atoms with van der Waals surface area (Å²) in [4.78, 5) is 53.3. The zero-order valence-electron chi connectivity index (χ0n) is 20.2. The minimum Gasteiger partial charge on any atom is -0.480 e. The number of carbonyl (C=O) groups is 4. The highest BCUT2D eigenvalue weighted by Gasteiger charge is 2.34. The number of aliphatic carboxylic acids is 1. The van der Waals surface area contributed by atoms with Gasteiger partial charge in [0.15, 0.2) is 6.04 Å². The van der Waals surface area contributed by atoms with E-state index in [-0.39, 0.29) is 12.3 Å². The SMILES string of the molecule is CC(O)C(NC(=O)C(NC(=O)C(Cc1c[nH]c2ccccc12)NC(=O)C1CCCN1)C(C)O)C(=O)O. The van der Waals surface area contributed by atoms with Gasteiger partial charge in [-0.25, -0.2) is 4.79 Å². The molecule has 0 bridgehead atoms. The van der Waals surface area contributed by atoms with Crippen molar-refractivity contribution in [3.05, 3.63) is 36.0 Å². The van der Waals surface area contributed by atoms with Gasteiger partial charge in [0.2, 0.25) is 17.7 Å². The van der Waals surface area contributed by atoms with Crippen molar-refractivity contribution in [3.63, 3.8) is 0 Å². The number of fused-ring (bicyclic) bond motifs is 1. The van der Waals surface area contributed by atoms with Crippen molar-refractivity contribution in [2.24, 2.45) is 0 Å². The van der Waals surface area contributed by atoms with Crippen LogP contribution in [0.15, 0.2) is 30.5 Å². The van der Waals surface area contributed by atoms with Gasteiger partial charge >= 0.3 is 5.97 Å². The lowest BCUT2D eigenvalue weighted by Gasteiger charge is -2.27. The quantitative estimate of drug-likeness (QED) is 0.187. The van der Waals surface area contributed by atoms with Crippen LogP contribution in [-0.2, 0) is 25.6 Å². The maximum absolute atomic E-state index is 13.3. The highest BCUT2D eigenvalue weighted by Crippen LogP contribution is 2.19. The van der Waals surface area contributed by atoms with E-state index in [1.54, 1.807) is 6.20 Å². The molecule has 8 N–H and O–H groups in total. The van der Waals surface area contributed by atoms with Crippen molar-refractivity contribution in [1.29, 1.82) is 0 Å².